The van der Waals surface area contributed by atoms with Crippen molar-refractivity contribution in [1.29, 1.82) is 0 Å². The minimum Gasteiger partial charge on any atom is -0.493 e. The van der Waals surface area contributed by atoms with Crippen molar-refractivity contribution in [1.82, 2.24) is 10.3 Å². The van der Waals surface area contributed by atoms with Crippen LogP contribution in [-0.2, 0) is 13.2 Å². The van der Waals surface area contributed by atoms with Gasteiger partial charge >= 0.3 is 0 Å². The van der Waals surface area contributed by atoms with Crippen molar-refractivity contribution in [2.24, 2.45) is 0 Å². The fourth-order valence-corrected chi connectivity index (χ4v) is 2.46. The third-order valence-corrected chi connectivity index (χ3v) is 3.86. The second-order valence-electron chi connectivity index (χ2n) is 5.68. The number of rotatable bonds is 7. The van der Waals surface area contributed by atoms with Gasteiger partial charge in [-0.15, -0.1) is 0 Å². The van der Waals surface area contributed by atoms with Crippen molar-refractivity contribution in [2.45, 2.75) is 13.2 Å². The maximum Gasteiger partial charge on any atom is 0.251 e. The van der Waals surface area contributed by atoms with Gasteiger partial charge in [0.05, 0.1) is 7.11 Å². The molecule has 0 radical (unpaired) electrons. The highest BCUT2D eigenvalue weighted by Gasteiger charge is 2.08. The van der Waals surface area contributed by atoms with Crippen molar-refractivity contribution < 1.29 is 14.3 Å². The van der Waals surface area contributed by atoms with E-state index in [9.17, 15) is 4.79 Å². The van der Waals surface area contributed by atoms with Gasteiger partial charge in [0.15, 0.2) is 11.5 Å². The van der Waals surface area contributed by atoms with Crippen molar-refractivity contribution >= 4 is 5.91 Å². The van der Waals surface area contributed by atoms with Crippen LogP contribution in [0.2, 0.25) is 0 Å². The molecule has 3 rings (SSSR count). The molecule has 0 bridgehead atoms. The highest BCUT2D eigenvalue weighted by atomic mass is 16.5. The summed E-state index contributed by atoms with van der Waals surface area (Å²) in [7, 11) is 1.60. The number of hydrogen-bond acceptors (Lipinski definition) is 4. The third kappa shape index (κ3) is 4.60. The lowest BCUT2D eigenvalue weighted by molar-refractivity contribution is 0.0950. The highest BCUT2D eigenvalue weighted by molar-refractivity contribution is 5.93. The standard InChI is InChI=1S/C21H20N2O3/c1-25-20-13-17(14-23-21(24)18-9-11-22-12-10-18)7-8-19(20)26-15-16-5-3-2-4-6-16/h2-13H,14-15H2,1H3,(H,23,24). The number of ether oxygens (including phenoxy) is 2. The first-order valence-corrected chi connectivity index (χ1v) is 8.28. The molecule has 0 aliphatic heterocycles. The molecule has 3 aromatic rings. The van der Waals surface area contributed by atoms with Gasteiger partial charge in [-0.25, -0.2) is 0 Å². The zero-order valence-corrected chi connectivity index (χ0v) is 14.5. The second kappa shape index (κ2) is 8.67. The van der Waals surface area contributed by atoms with Crippen LogP contribution < -0.4 is 14.8 Å². The lowest BCUT2D eigenvalue weighted by atomic mass is 10.2. The van der Waals surface area contributed by atoms with Gasteiger partial charge in [-0.05, 0) is 35.4 Å². The third-order valence-electron chi connectivity index (χ3n) is 3.86. The van der Waals surface area contributed by atoms with E-state index in [2.05, 4.69) is 10.3 Å². The molecular weight excluding hydrogens is 328 g/mol. The Balaban J connectivity index is 1.62. The predicted molar refractivity (Wildman–Crippen MR) is 99.2 cm³/mol. The minimum atomic E-state index is -0.143. The van der Waals surface area contributed by atoms with Crippen molar-refractivity contribution in [3.05, 3.63) is 89.7 Å². The minimum absolute atomic E-state index is 0.143. The second-order valence-corrected chi connectivity index (χ2v) is 5.68. The maximum absolute atomic E-state index is 12.1. The van der Waals surface area contributed by atoms with E-state index in [0.717, 1.165) is 11.1 Å². The first-order valence-electron chi connectivity index (χ1n) is 8.28. The van der Waals surface area contributed by atoms with Crippen molar-refractivity contribution in [3.8, 4) is 11.5 Å². The summed E-state index contributed by atoms with van der Waals surface area (Å²) >= 11 is 0. The Morgan fingerprint density at radius 1 is 0.962 bits per heavy atom. The molecule has 5 heteroatoms. The van der Waals surface area contributed by atoms with Gasteiger partial charge in [-0.1, -0.05) is 36.4 Å². The molecule has 1 heterocycles. The average Bonchev–Trinajstić information content (AvgIpc) is 2.72. The number of nitrogens with one attached hydrogen (secondary N) is 1. The summed E-state index contributed by atoms with van der Waals surface area (Å²) in [6.45, 7) is 0.867. The van der Waals surface area contributed by atoms with Gasteiger partial charge in [0.2, 0.25) is 0 Å². The molecule has 5 nitrogen and oxygen atoms in total. The van der Waals surface area contributed by atoms with Crippen LogP contribution in [0.3, 0.4) is 0 Å². The van der Waals surface area contributed by atoms with Crippen LogP contribution in [0.1, 0.15) is 21.5 Å². The number of nitrogens with zero attached hydrogens (tertiary/aromatic N) is 1. The zero-order valence-electron chi connectivity index (χ0n) is 14.5. The summed E-state index contributed by atoms with van der Waals surface area (Å²) in [6, 6.07) is 18.9. The highest BCUT2D eigenvalue weighted by Crippen LogP contribution is 2.28. The maximum atomic E-state index is 12.1. The molecule has 0 fully saturated rings. The molecule has 0 unspecified atom stereocenters. The van der Waals surface area contributed by atoms with Gasteiger partial charge in [0.25, 0.3) is 5.91 Å². The largest absolute Gasteiger partial charge is 0.493 e. The normalized spacial score (nSPS) is 10.2. The van der Waals surface area contributed by atoms with E-state index in [1.54, 1.807) is 31.6 Å². The van der Waals surface area contributed by atoms with E-state index in [-0.39, 0.29) is 5.91 Å². The molecule has 1 amide bonds. The van der Waals surface area contributed by atoms with E-state index >= 15 is 0 Å². The predicted octanol–water partition coefficient (Wildman–Crippen LogP) is 3.60. The zero-order chi connectivity index (χ0) is 18.2. The van der Waals surface area contributed by atoms with Gasteiger partial charge in [0, 0.05) is 24.5 Å². The molecule has 0 saturated heterocycles. The van der Waals surface area contributed by atoms with Crippen LogP contribution in [0, 0.1) is 0 Å². The fourth-order valence-electron chi connectivity index (χ4n) is 2.46. The Morgan fingerprint density at radius 2 is 1.73 bits per heavy atom. The topological polar surface area (TPSA) is 60.5 Å². The van der Waals surface area contributed by atoms with Crippen LogP contribution in [0.15, 0.2) is 73.1 Å². The summed E-state index contributed by atoms with van der Waals surface area (Å²) in [5, 5.41) is 2.88. The molecule has 0 spiro atoms. The number of carbonyl (C=O) groups is 1. The van der Waals surface area contributed by atoms with Gasteiger partial charge < -0.3 is 14.8 Å². The Labute approximate surface area is 152 Å². The number of benzene rings is 2. The first kappa shape index (κ1) is 17.5. The fraction of sp³-hybridized carbons (Fsp3) is 0.143. The number of methoxy groups -OCH3 is 1. The molecule has 0 saturated carbocycles. The van der Waals surface area contributed by atoms with Gasteiger partial charge in [-0.3, -0.25) is 9.78 Å². The van der Waals surface area contributed by atoms with Gasteiger partial charge in [0.1, 0.15) is 6.61 Å². The lowest BCUT2D eigenvalue weighted by Gasteiger charge is -2.13. The van der Waals surface area contributed by atoms with E-state index in [1.807, 2.05) is 48.5 Å². The van der Waals surface area contributed by atoms with E-state index < -0.39 is 0 Å². The number of amides is 1. The molecule has 1 aromatic heterocycles. The van der Waals surface area contributed by atoms with E-state index in [1.165, 1.54) is 0 Å². The van der Waals surface area contributed by atoms with E-state index in [4.69, 9.17) is 9.47 Å². The van der Waals surface area contributed by atoms with Crippen LogP contribution in [0.5, 0.6) is 11.5 Å². The summed E-state index contributed by atoms with van der Waals surface area (Å²) in [6.07, 6.45) is 3.19. The summed E-state index contributed by atoms with van der Waals surface area (Å²) in [4.78, 5) is 16.0. The molecule has 2 aromatic carbocycles. The summed E-state index contributed by atoms with van der Waals surface area (Å²) < 4.78 is 11.3. The lowest BCUT2D eigenvalue weighted by Crippen LogP contribution is -2.22. The van der Waals surface area contributed by atoms with E-state index in [0.29, 0.717) is 30.2 Å². The quantitative estimate of drug-likeness (QED) is 0.709. The molecule has 1 N–H and O–H groups in total. The summed E-state index contributed by atoms with van der Waals surface area (Å²) in [5.74, 6) is 1.16. The molecule has 0 aliphatic rings. The average molecular weight is 348 g/mol. The molecule has 132 valence electrons. The Hall–Kier alpha value is -3.34. The SMILES string of the molecule is COc1cc(CNC(=O)c2ccncc2)ccc1OCc1ccccc1. The number of hydrogen-bond donors (Lipinski definition) is 1. The smallest absolute Gasteiger partial charge is 0.251 e. The van der Waals surface area contributed by atoms with Crippen molar-refractivity contribution in [3.63, 3.8) is 0 Å². The summed E-state index contributed by atoms with van der Waals surface area (Å²) in [5.41, 5.74) is 2.59. The van der Waals surface area contributed by atoms with Crippen LogP contribution in [-0.4, -0.2) is 18.0 Å². The van der Waals surface area contributed by atoms with Crippen LogP contribution >= 0.6 is 0 Å². The Kier molecular flexibility index (Phi) is 5.83. The van der Waals surface area contributed by atoms with Gasteiger partial charge in [-0.2, -0.15) is 0 Å². The number of carbonyl (C=O) groups excluding carboxylic acids is 1. The Bertz CT molecular complexity index is 852. The Morgan fingerprint density at radius 3 is 2.46 bits per heavy atom. The molecule has 0 atom stereocenters. The monoisotopic (exact) mass is 348 g/mol. The van der Waals surface area contributed by atoms with Crippen LogP contribution in [0.4, 0.5) is 0 Å². The molecule has 26 heavy (non-hydrogen) atoms. The molecular formula is C21H20N2O3. The van der Waals surface area contributed by atoms with Crippen LogP contribution in [0.25, 0.3) is 0 Å². The number of aromatic nitrogens is 1. The van der Waals surface area contributed by atoms with Crippen molar-refractivity contribution in [2.75, 3.05) is 7.11 Å². The molecule has 0 aliphatic carbocycles. The number of pyridine rings is 1. The first-order chi connectivity index (χ1) is 12.8.